The van der Waals surface area contributed by atoms with Crippen molar-refractivity contribution in [1.82, 2.24) is 8.80 Å². The van der Waals surface area contributed by atoms with Crippen LogP contribution in [0, 0.1) is 0 Å². The maximum absolute atomic E-state index is 8.79. The van der Waals surface area contributed by atoms with Crippen molar-refractivity contribution in [2.45, 2.75) is 0 Å². The highest BCUT2D eigenvalue weighted by Gasteiger charge is 2.33. The molecule has 0 radical (unpaired) electrons. The molecule has 4 heterocycles. The van der Waals surface area contributed by atoms with Crippen molar-refractivity contribution >= 4 is 110 Å². The van der Waals surface area contributed by atoms with Crippen molar-refractivity contribution in [3.8, 4) is 22.3 Å². The predicted octanol–water partition coefficient (Wildman–Crippen LogP) is 18.3. The molecular formula is C66H42N4. The van der Waals surface area contributed by atoms with Gasteiger partial charge in [0.05, 0.1) is 50.0 Å². The first-order chi connectivity index (χ1) is 36.4. The van der Waals surface area contributed by atoms with E-state index < -0.39 is 0 Å². The lowest BCUT2D eigenvalue weighted by molar-refractivity contribution is 1.30. The first-order valence-electron chi connectivity index (χ1n) is 25.8. The summed E-state index contributed by atoms with van der Waals surface area (Å²) in [6, 6.07) is 80.7. The highest BCUT2D eigenvalue weighted by molar-refractivity contribution is 6.39. The number of aromatic nitrogens is 2. The lowest BCUT2D eigenvalue weighted by atomic mass is 9.89. The van der Waals surface area contributed by atoms with Gasteiger partial charge in [0.2, 0.25) is 0 Å². The maximum Gasteiger partial charge on any atom is 0.0642 e. The number of rotatable bonds is 8. The van der Waals surface area contributed by atoms with Gasteiger partial charge in [0.1, 0.15) is 0 Å². The van der Waals surface area contributed by atoms with Crippen LogP contribution in [0.4, 0.5) is 34.1 Å². The minimum atomic E-state index is 0.283. The Labute approximate surface area is 409 Å². The fourth-order valence-corrected chi connectivity index (χ4v) is 11.8. The number of fused-ring (bicyclic) bond motifs is 12. The molecule has 0 bridgehead atoms. The second-order valence-electron chi connectivity index (χ2n) is 18.1. The van der Waals surface area contributed by atoms with Gasteiger partial charge in [0.25, 0.3) is 0 Å². The summed E-state index contributed by atoms with van der Waals surface area (Å²) in [4.78, 5) is 4.43. The van der Waals surface area contributed by atoms with Crippen LogP contribution in [0.3, 0.4) is 0 Å². The number of anilines is 6. The Hall–Kier alpha value is -9.38. The van der Waals surface area contributed by atoms with Crippen LogP contribution in [0.5, 0.6) is 0 Å². The molecule has 0 aliphatic heterocycles. The molecule has 15 rings (SSSR count). The van der Waals surface area contributed by atoms with Crippen molar-refractivity contribution in [1.29, 1.82) is 0 Å². The minimum absolute atomic E-state index is 0.283. The van der Waals surface area contributed by atoms with Crippen LogP contribution in [0.1, 0.15) is 5.48 Å². The average molecular weight is 895 g/mol. The van der Waals surface area contributed by atoms with E-state index in [2.05, 4.69) is 176 Å². The third-order valence-electron chi connectivity index (χ3n) is 14.4. The summed E-state index contributed by atoms with van der Waals surface area (Å²) in [6.45, 7) is 0. The first kappa shape index (κ1) is 34.9. The van der Waals surface area contributed by atoms with Crippen LogP contribution < -0.4 is 9.80 Å². The highest BCUT2D eigenvalue weighted by atomic mass is 15.2. The zero-order valence-corrected chi connectivity index (χ0v) is 37.7. The zero-order valence-electron chi connectivity index (χ0n) is 41.7. The number of hydrogen-bond donors (Lipinski definition) is 0. The molecule has 0 N–H and O–H groups in total. The van der Waals surface area contributed by atoms with Crippen LogP contribution in [-0.2, 0) is 0 Å². The van der Waals surface area contributed by atoms with E-state index in [4.69, 9.17) is 5.48 Å². The predicted molar refractivity (Wildman–Crippen MR) is 296 cm³/mol. The fourth-order valence-electron chi connectivity index (χ4n) is 11.8. The smallest absolute Gasteiger partial charge is 0.0642 e. The molecule has 15 aromatic rings. The minimum Gasteiger partial charge on any atom is -0.310 e. The van der Waals surface area contributed by atoms with E-state index in [9.17, 15) is 0 Å². The van der Waals surface area contributed by atoms with Gasteiger partial charge < -0.3 is 18.6 Å². The van der Waals surface area contributed by atoms with E-state index in [1.165, 1.54) is 0 Å². The second-order valence-corrected chi connectivity index (χ2v) is 18.1. The molecule has 4 heteroatoms. The van der Waals surface area contributed by atoms with Crippen LogP contribution in [-0.4, -0.2) is 8.80 Å². The molecule has 0 saturated heterocycles. The Balaban J connectivity index is 1.17. The maximum atomic E-state index is 8.79. The zero-order chi connectivity index (χ0) is 49.3. The molecule has 0 saturated carbocycles. The summed E-state index contributed by atoms with van der Waals surface area (Å²) in [5.74, 6) is 0. The van der Waals surface area contributed by atoms with Crippen molar-refractivity contribution in [3.63, 3.8) is 0 Å². The van der Waals surface area contributed by atoms with Crippen molar-refractivity contribution in [2.75, 3.05) is 9.80 Å². The summed E-state index contributed by atoms with van der Waals surface area (Å²) < 4.78 is 40.2. The first-order valence-corrected chi connectivity index (χ1v) is 23.8. The molecule has 4 aromatic heterocycles. The van der Waals surface area contributed by atoms with Gasteiger partial charge in [0.15, 0.2) is 0 Å². The summed E-state index contributed by atoms with van der Waals surface area (Å²) in [5.41, 5.74) is 16.4. The number of benzene rings is 11. The van der Waals surface area contributed by atoms with Gasteiger partial charge in [-0.25, -0.2) is 0 Å². The van der Waals surface area contributed by atoms with Gasteiger partial charge in [-0.3, -0.25) is 0 Å². The highest BCUT2D eigenvalue weighted by Crippen LogP contribution is 2.57. The topological polar surface area (TPSA) is 15.3 Å². The molecule has 0 aliphatic carbocycles. The van der Waals surface area contributed by atoms with Crippen LogP contribution >= 0.6 is 0 Å². The molecule has 0 unspecified atom stereocenters. The molecule has 0 aliphatic rings. The van der Waals surface area contributed by atoms with Crippen molar-refractivity contribution in [2.24, 2.45) is 0 Å². The van der Waals surface area contributed by atoms with E-state index in [0.717, 1.165) is 133 Å². The summed E-state index contributed by atoms with van der Waals surface area (Å²) in [6.07, 6.45) is 0. The van der Waals surface area contributed by atoms with Crippen LogP contribution in [0.25, 0.3) is 98.4 Å². The number of hydrogen-bond acceptors (Lipinski definition) is 2. The Morgan fingerprint density at radius 1 is 0.271 bits per heavy atom. The lowest BCUT2D eigenvalue weighted by Gasteiger charge is -2.26. The van der Waals surface area contributed by atoms with Gasteiger partial charge in [-0.1, -0.05) is 182 Å². The van der Waals surface area contributed by atoms with E-state index in [1.807, 2.05) is 60.7 Å². The molecule has 70 heavy (non-hydrogen) atoms. The van der Waals surface area contributed by atoms with Crippen molar-refractivity contribution < 1.29 is 5.48 Å². The SMILES string of the molecule is [2H]c1cc([2H])cc(N(c2ccccc2)c2ccc3c4c(-c5ccccc5)c5c(c(-c6ccccc6)c4n4c6ccccc6c2c34)c2ccc(N(c3ccccc3)c3cc([2H])cc([2H])c3)c3c4ccccc4n5c23)c1. The number of nitrogens with zero attached hydrogens (tertiary/aromatic N) is 4. The summed E-state index contributed by atoms with van der Waals surface area (Å²) in [7, 11) is 0. The van der Waals surface area contributed by atoms with Crippen LogP contribution in [0.2, 0.25) is 0 Å². The quantitative estimate of drug-likeness (QED) is 0.151. The van der Waals surface area contributed by atoms with Crippen molar-refractivity contribution in [3.05, 3.63) is 255 Å². The largest absolute Gasteiger partial charge is 0.310 e. The molecular weight excluding hydrogens is 849 g/mol. The molecule has 326 valence electrons. The molecule has 4 nitrogen and oxygen atoms in total. The Bertz CT molecular complexity index is 4360. The monoisotopic (exact) mass is 894 g/mol. The standard InChI is InChI=1S/C66H42N4/c1-7-23-43(24-8-1)57-61-51-39-41-55(67(45-27-11-3-12-28-45)46-29-13-4-14-30-46)59-50-36-20-22-38-54(50)70(63(51)59)66(61)58(44-25-9-2-10-26-44)62-52-40-42-56(60-49-35-19-21-37-53(49)69(64(52)60)65(57)62)68(47-31-15-5-16-32-47)48-33-17-6-18-34-48/h1-42H/i11D,12D,15D,16D. The fraction of sp³-hybridized carbons (Fsp3) is 0. The Morgan fingerprint density at radius 3 is 1.01 bits per heavy atom. The molecule has 0 fully saturated rings. The van der Waals surface area contributed by atoms with E-state index >= 15 is 0 Å². The average Bonchev–Trinajstić information content (AvgIpc) is 4.20. The van der Waals surface area contributed by atoms with E-state index in [0.29, 0.717) is 0 Å². The Kier molecular flexibility index (Phi) is 7.50. The third-order valence-corrected chi connectivity index (χ3v) is 14.4. The third kappa shape index (κ3) is 5.36. The van der Waals surface area contributed by atoms with E-state index in [1.54, 1.807) is 12.1 Å². The summed E-state index contributed by atoms with van der Waals surface area (Å²) in [5, 5.41) is 8.95. The van der Waals surface area contributed by atoms with Gasteiger partial charge in [-0.05, 0) is 83.9 Å². The van der Waals surface area contributed by atoms with Gasteiger partial charge >= 0.3 is 0 Å². The van der Waals surface area contributed by atoms with E-state index in [-0.39, 0.29) is 24.2 Å². The van der Waals surface area contributed by atoms with Gasteiger partial charge in [-0.2, -0.15) is 0 Å². The van der Waals surface area contributed by atoms with Gasteiger partial charge in [-0.15, -0.1) is 0 Å². The second kappa shape index (κ2) is 15.1. The number of para-hydroxylation sites is 6. The molecule has 0 atom stereocenters. The summed E-state index contributed by atoms with van der Waals surface area (Å²) >= 11 is 0. The Morgan fingerprint density at radius 2 is 0.614 bits per heavy atom. The van der Waals surface area contributed by atoms with Gasteiger partial charge in [0, 0.05) is 77.0 Å². The van der Waals surface area contributed by atoms with Crippen LogP contribution in [0.15, 0.2) is 255 Å². The molecule has 0 spiro atoms. The lowest BCUT2D eigenvalue weighted by Crippen LogP contribution is -2.10. The molecule has 0 amide bonds. The normalized spacial score (nSPS) is 12.8. The molecule has 11 aromatic carbocycles.